The highest BCUT2D eigenvalue weighted by Crippen LogP contribution is 2.32. The van der Waals surface area contributed by atoms with Crippen molar-refractivity contribution in [3.63, 3.8) is 0 Å². The van der Waals surface area contributed by atoms with Gasteiger partial charge in [-0.15, -0.1) is 21.5 Å². The number of benzene rings is 1. The van der Waals surface area contributed by atoms with Gasteiger partial charge in [-0.3, -0.25) is 4.79 Å². The van der Waals surface area contributed by atoms with Gasteiger partial charge in [-0.05, 0) is 44.0 Å². The molecule has 0 radical (unpaired) electrons. The third kappa shape index (κ3) is 4.94. The summed E-state index contributed by atoms with van der Waals surface area (Å²) in [4.78, 5) is 13.8. The van der Waals surface area contributed by atoms with Crippen LogP contribution in [0.25, 0.3) is 11.4 Å². The first kappa shape index (κ1) is 21.7. The summed E-state index contributed by atoms with van der Waals surface area (Å²) < 4.78 is 7.36. The lowest BCUT2D eigenvalue weighted by Gasteiger charge is -2.11. The molecule has 0 unspecified atom stereocenters. The van der Waals surface area contributed by atoms with Gasteiger partial charge in [0, 0.05) is 27.4 Å². The van der Waals surface area contributed by atoms with E-state index in [1.54, 1.807) is 36.6 Å². The molecule has 3 aromatic rings. The van der Waals surface area contributed by atoms with Gasteiger partial charge >= 0.3 is 0 Å². The average Bonchev–Trinajstić information content (AvgIpc) is 3.24. The summed E-state index contributed by atoms with van der Waals surface area (Å²) in [5, 5.41) is 15.0. The lowest BCUT2D eigenvalue weighted by atomic mass is 10.1. The van der Waals surface area contributed by atoms with E-state index in [0.717, 1.165) is 29.5 Å². The third-order valence-electron chi connectivity index (χ3n) is 4.46. The number of anilines is 1. The number of aryl methyl sites for hydroxylation is 1. The van der Waals surface area contributed by atoms with E-state index in [4.69, 9.17) is 16.3 Å². The highest BCUT2D eigenvalue weighted by Gasteiger charge is 2.18. The van der Waals surface area contributed by atoms with Crippen LogP contribution < -0.4 is 10.1 Å². The molecule has 2 aromatic heterocycles. The second kappa shape index (κ2) is 9.65. The first-order valence-corrected chi connectivity index (χ1v) is 11.4. The SMILES string of the molecule is CCCn1c(SCC(=O)Nc2cc(Cl)ccc2OC)nnc1-c1csc(C)c1C. The van der Waals surface area contributed by atoms with E-state index >= 15 is 0 Å². The molecule has 0 saturated heterocycles. The predicted octanol–water partition coefficient (Wildman–Crippen LogP) is 5.43. The van der Waals surface area contributed by atoms with E-state index in [1.165, 1.54) is 22.2 Å². The Morgan fingerprint density at radius 2 is 2.14 bits per heavy atom. The normalized spacial score (nSPS) is 10.9. The van der Waals surface area contributed by atoms with Crippen LogP contribution in [0.15, 0.2) is 28.7 Å². The number of hydrogen-bond donors (Lipinski definition) is 1. The number of nitrogens with one attached hydrogen (secondary N) is 1. The lowest BCUT2D eigenvalue weighted by molar-refractivity contribution is -0.113. The Morgan fingerprint density at radius 3 is 2.79 bits per heavy atom. The maximum atomic E-state index is 12.5. The zero-order valence-electron chi connectivity index (χ0n) is 16.8. The van der Waals surface area contributed by atoms with E-state index < -0.39 is 0 Å². The number of hydrogen-bond acceptors (Lipinski definition) is 6. The van der Waals surface area contributed by atoms with E-state index in [9.17, 15) is 4.79 Å². The monoisotopic (exact) mass is 450 g/mol. The van der Waals surface area contributed by atoms with Crippen LogP contribution in [-0.4, -0.2) is 33.5 Å². The first-order valence-electron chi connectivity index (χ1n) is 9.19. The largest absolute Gasteiger partial charge is 0.495 e. The van der Waals surface area contributed by atoms with Crippen LogP contribution in [0, 0.1) is 13.8 Å². The molecule has 0 aliphatic carbocycles. The van der Waals surface area contributed by atoms with Gasteiger partial charge < -0.3 is 14.6 Å². The van der Waals surface area contributed by atoms with Crippen LogP contribution in [-0.2, 0) is 11.3 Å². The Balaban J connectivity index is 1.74. The van der Waals surface area contributed by atoms with Crippen molar-refractivity contribution in [1.29, 1.82) is 0 Å². The number of amides is 1. The fourth-order valence-electron chi connectivity index (χ4n) is 2.85. The molecule has 2 heterocycles. The van der Waals surface area contributed by atoms with Gasteiger partial charge in [0.2, 0.25) is 5.91 Å². The zero-order chi connectivity index (χ0) is 21.0. The zero-order valence-corrected chi connectivity index (χ0v) is 19.2. The highest BCUT2D eigenvalue weighted by molar-refractivity contribution is 7.99. The number of nitrogens with zero attached hydrogens (tertiary/aromatic N) is 3. The molecule has 1 amide bonds. The van der Waals surface area contributed by atoms with Gasteiger partial charge in [0.1, 0.15) is 5.75 Å². The topological polar surface area (TPSA) is 69.0 Å². The van der Waals surface area contributed by atoms with Gasteiger partial charge in [-0.2, -0.15) is 0 Å². The Kier molecular flexibility index (Phi) is 7.21. The Labute approximate surface area is 183 Å². The smallest absolute Gasteiger partial charge is 0.234 e. The predicted molar refractivity (Wildman–Crippen MR) is 120 cm³/mol. The summed E-state index contributed by atoms with van der Waals surface area (Å²) in [7, 11) is 1.55. The Morgan fingerprint density at radius 1 is 1.34 bits per heavy atom. The molecule has 0 aliphatic heterocycles. The minimum absolute atomic E-state index is 0.161. The van der Waals surface area contributed by atoms with Gasteiger partial charge in [0.15, 0.2) is 11.0 Å². The number of carbonyl (C=O) groups excluding carboxylic acids is 1. The van der Waals surface area contributed by atoms with Crippen molar-refractivity contribution in [1.82, 2.24) is 14.8 Å². The first-order chi connectivity index (χ1) is 13.9. The van der Waals surface area contributed by atoms with Crippen LogP contribution >= 0.6 is 34.7 Å². The second-order valence-electron chi connectivity index (χ2n) is 6.47. The van der Waals surface area contributed by atoms with Gasteiger partial charge in [-0.25, -0.2) is 0 Å². The number of ether oxygens (including phenoxy) is 1. The number of rotatable bonds is 8. The molecule has 29 heavy (non-hydrogen) atoms. The molecule has 1 N–H and O–H groups in total. The fourth-order valence-corrected chi connectivity index (χ4v) is 4.65. The van der Waals surface area contributed by atoms with E-state index in [-0.39, 0.29) is 11.7 Å². The molecule has 0 aliphatic rings. The number of methoxy groups -OCH3 is 1. The molecule has 0 atom stereocenters. The van der Waals surface area contributed by atoms with Gasteiger partial charge in [0.25, 0.3) is 0 Å². The third-order valence-corrected chi connectivity index (χ3v) is 6.67. The number of thiophene rings is 1. The molecular weight excluding hydrogens is 428 g/mol. The average molecular weight is 451 g/mol. The second-order valence-corrected chi connectivity index (χ2v) is 8.93. The van der Waals surface area contributed by atoms with Gasteiger partial charge in [-0.1, -0.05) is 30.3 Å². The number of halogens is 1. The highest BCUT2D eigenvalue weighted by atomic mass is 35.5. The van der Waals surface area contributed by atoms with Crippen molar-refractivity contribution < 1.29 is 9.53 Å². The van der Waals surface area contributed by atoms with Crippen LogP contribution in [0.5, 0.6) is 5.75 Å². The van der Waals surface area contributed by atoms with Crippen molar-refractivity contribution in [3.05, 3.63) is 39.0 Å². The van der Waals surface area contributed by atoms with E-state index in [2.05, 4.69) is 46.2 Å². The molecule has 9 heteroatoms. The van der Waals surface area contributed by atoms with Crippen LogP contribution in [0.1, 0.15) is 23.8 Å². The minimum Gasteiger partial charge on any atom is -0.495 e. The summed E-state index contributed by atoms with van der Waals surface area (Å²) >= 11 is 9.11. The Hall–Kier alpha value is -2.03. The van der Waals surface area contributed by atoms with E-state index in [0.29, 0.717) is 16.5 Å². The summed E-state index contributed by atoms with van der Waals surface area (Å²) in [6.45, 7) is 7.11. The summed E-state index contributed by atoms with van der Waals surface area (Å²) in [6.07, 6.45) is 0.951. The Bertz CT molecular complexity index is 1020. The molecule has 154 valence electrons. The molecule has 6 nitrogen and oxygen atoms in total. The standard InChI is InChI=1S/C20H23ClN4O2S2/c1-5-8-25-19(15-10-28-13(3)12(15)2)23-24-20(25)29-11-18(26)22-16-9-14(21)6-7-17(16)27-4/h6-7,9-10H,5,8,11H2,1-4H3,(H,22,26). The number of thioether (sulfide) groups is 1. The summed E-state index contributed by atoms with van der Waals surface area (Å²) in [5.41, 5.74) is 2.88. The van der Waals surface area contributed by atoms with Crippen molar-refractivity contribution in [2.75, 3.05) is 18.2 Å². The quantitative estimate of drug-likeness (QED) is 0.463. The molecule has 0 fully saturated rings. The summed E-state index contributed by atoms with van der Waals surface area (Å²) in [6, 6.07) is 5.11. The molecule has 0 bridgehead atoms. The lowest BCUT2D eigenvalue weighted by Crippen LogP contribution is -2.15. The maximum Gasteiger partial charge on any atom is 0.234 e. The van der Waals surface area contributed by atoms with Crippen LogP contribution in [0.3, 0.4) is 0 Å². The molecule has 0 spiro atoms. The van der Waals surface area contributed by atoms with Crippen molar-refractivity contribution in [3.8, 4) is 17.1 Å². The number of aromatic nitrogens is 3. The van der Waals surface area contributed by atoms with Crippen LogP contribution in [0.2, 0.25) is 5.02 Å². The number of carbonyl (C=O) groups is 1. The molecule has 0 saturated carbocycles. The summed E-state index contributed by atoms with van der Waals surface area (Å²) in [5.74, 6) is 1.46. The fraction of sp³-hybridized carbons (Fsp3) is 0.350. The van der Waals surface area contributed by atoms with Crippen molar-refractivity contribution in [2.24, 2.45) is 0 Å². The van der Waals surface area contributed by atoms with Crippen LogP contribution in [0.4, 0.5) is 5.69 Å². The molecule has 3 rings (SSSR count). The van der Waals surface area contributed by atoms with Crippen molar-refractivity contribution >= 4 is 46.3 Å². The van der Waals surface area contributed by atoms with Gasteiger partial charge in [0.05, 0.1) is 18.6 Å². The van der Waals surface area contributed by atoms with Crippen molar-refractivity contribution in [2.45, 2.75) is 38.9 Å². The van der Waals surface area contributed by atoms with E-state index in [1.807, 2.05) is 0 Å². The molecule has 1 aromatic carbocycles. The maximum absolute atomic E-state index is 12.5. The minimum atomic E-state index is -0.161. The molecular formula is C20H23ClN4O2S2.